The number of rotatable bonds is 4. The van der Waals surface area contributed by atoms with Crippen LogP contribution in [0.2, 0.25) is 0 Å². The second kappa shape index (κ2) is 5.57. The fourth-order valence-electron chi connectivity index (χ4n) is 4.35. The van der Waals surface area contributed by atoms with Crippen molar-refractivity contribution >= 4 is 17.5 Å². The summed E-state index contributed by atoms with van der Waals surface area (Å²) in [5, 5.41) is 2.92. The van der Waals surface area contributed by atoms with Crippen LogP contribution in [0.5, 0.6) is 0 Å². The summed E-state index contributed by atoms with van der Waals surface area (Å²) >= 11 is 0. The summed E-state index contributed by atoms with van der Waals surface area (Å²) in [6.45, 7) is 0.832. The van der Waals surface area contributed by atoms with Crippen molar-refractivity contribution < 1.29 is 18.7 Å². The molecule has 6 nitrogen and oxygen atoms in total. The standard InChI is InChI=1S/C20H18N2O4/c23-18(21-13-5-2-1-3-6-13)16-15-8-9-20(26-15)12-22(19(24)17(16)20)11-14-7-4-10-25-14/h1-10,15-17H,11-12H2,(H,21,23)/t15-,16+,17-,20-/m1/s1. The van der Waals surface area contributed by atoms with Gasteiger partial charge >= 0.3 is 0 Å². The van der Waals surface area contributed by atoms with Crippen LogP contribution in [0.25, 0.3) is 0 Å². The minimum absolute atomic E-state index is 0.0542. The number of likely N-dealkylation sites (tertiary alicyclic amines) is 1. The van der Waals surface area contributed by atoms with E-state index in [1.165, 1.54) is 0 Å². The van der Waals surface area contributed by atoms with E-state index in [2.05, 4.69) is 5.32 Å². The molecule has 1 N–H and O–H groups in total. The first kappa shape index (κ1) is 15.4. The number of carbonyl (C=O) groups excluding carboxylic acids is 2. The molecule has 0 saturated carbocycles. The molecule has 2 aromatic rings. The van der Waals surface area contributed by atoms with Crippen LogP contribution in [0.4, 0.5) is 5.69 Å². The van der Waals surface area contributed by atoms with Crippen molar-refractivity contribution in [3.63, 3.8) is 0 Å². The van der Waals surface area contributed by atoms with Crippen LogP contribution in [0.1, 0.15) is 5.76 Å². The molecule has 1 spiro atoms. The van der Waals surface area contributed by atoms with Crippen LogP contribution < -0.4 is 5.32 Å². The Balaban J connectivity index is 1.40. The number of para-hydroxylation sites is 1. The Kier molecular flexibility index (Phi) is 3.30. The van der Waals surface area contributed by atoms with Gasteiger partial charge in [-0.1, -0.05) is 30.4 Å². The third-order valence-corrected chi connectivity index (χ3v) is 5.45. The largest absolute Gasteiger partial charge is 0.467 e. The molecule has 2 amide bonds. The molecule has 0 aliphatic carbocycles. The predicted molar refractivity (Wildman–Crippen MR) is 92.9 cm³/mol. The zero-order valence-electron chi connectivity index (χ0n) is 14.0. The van der Waals surface area contributed by atoms with Gasteiger partial charge in [-0.25, -0.2) is 0 Å². The quantitative estimate of drug-likeness (QED) is 0.858. The monoisotopic (exact) mass is 350 g/mol. The molecule has 4 heterocycles. The molecular formula is C20H18N2O4. The molecule has 2 saturated heterocycles. The summed E-state index contributed by atoms with van der Waals surface area (Å²) in [7, 11) is 0. The molecule has 3 aliphatic heterocycles. The van der Waals surface area contributed by atoms with Crippen molar-refractivity contribution in [3.05, 3.63) is 66.6 Å². The van der Waals surface area contributed by atoms with Crippen LogP contribution >= 0.6 is 0 Å². The van der Waals surface area contributed by atoms with Crippen molar-refractivity contribution in [2.45, 2.75) is 18.2 Å². The molecule has 3 aliphatic rings. The molecule has 5 rings (SSSR count). The number of ether oxygens (including phenoxy) is 1. The fraction of sp³-hybridized carbons (Fsp3) is 0.300. The highest BCUT2D eigenvalue weighted by Crippen LogP contribution is 2.52. The Morgan fingerprint density at radius 3 is 2.85 bits per heavy atom. The van der Waals surface area contributed by atoms with Gasteiger partial charge in [-0.3, -0.25) is 9.59 Å². The molecule has 132 valence electrons. The van der Waals surface area contributed by atoms with E-state index in [9.17, 15) is 9.59 Å². The highest BCUT2D eigenvalue weighted by molar-refractivity contribution is 5.99. The normalized spacial score (nSPS) is 31.5. The fourth-order valence-corrected chi connectivity index (χ4v) is 4.35. The Hall–Kier alpha value is -2.86. The molecule has 2 fully saturated rings. The van der Waals surface area contributed by atoms with Crippen LogP contribution in [0, 0.1) is 11.8 Å². The molecule has 4 atom stereocenters. The maximum absolute atomic E-state index is 13.1. The lowest BCUT2D eigenvalue weighted by Crippen LogP contribution is -2.41. The molecule has 2 bridgehead atoms. The number of benzene rings is 1. The summed E-state index contributed by atoms with van der Waals surface area (Å²) in [5.41, 5.74) is 0.0173. The summed E-state index contributed by atoms with van der Waals surface area (Å²) in [4.78, 5) is 27.7. The van der Waals surface area contributed by atoms with Gasteiger partial charge in [0.25, 0.3) is 0 Å². The van der Waals surface area contributed by atoms with E-state index in [-0.39, 0.29) is 17.9 Å². The Morgan fingerprint density at radius 2 is 2.08 bits per heavy atom. The van der Waals surface area contributed by atoms with Gasteiger partial charge in [0.2, 0.25) is 11.8 Å². The molecule has 26 heavy (non-hydrogen) atoms. The Labute approximate surface area is 150 Å². The van der Waals surface area contributed by atoms with E-state index in [1.807, 2.05) is 48.6 Å². The number of nitrogens with one attached hydrogen (secondary N) is 1. The molecular weight excluding hydrogens is 332 g/mol. The number of anilines is 1. The van der Waals surface area contributed by atoms with Crippen molar-refractivity contribution in [1.82, 2.24) is 4.90 Å². The van der Waals surface area contributed by atoms with Crippen LogP contribution in [0.15, 0.2) is 65.3 Å². The second-order valence-electron chi connectivity index (χ2n) is 7.03. The number of hydrogen-bond donors (Lipinski definition) is 1. The number of furan rings is 1. The average molecular weight is 350 g/mol. The minimum atomic E-state index is -0.701. The molecule has 1 aromatic carbocycles. The average Bonchev–Trinajstić information content (AvgIpc) is 3.39. The summed E-state index contributed by atoms with van der Waals surface area (Å²) in [6.07, 6.45) is 5.11. The first-order chi connectivity index (χ1) is 12.7. The SMILES string of the molecule is O=C(Nc1ccccc1)[C@H]1[C@H]2C=C[C@]3(CN(Cc4ccco4)C(=O)[C@@H]13)O2. The van der Waals surface area contributed by atoms with E-state index in [0.29, 0.717) is 13.1 Å². The van der Waals surface area contributed by atoms with E-state index in [4.69, 9.17) is 9.15 Å². The first-order valence-corrected chi connectivity index (χ1v) is 8.71. The zero-order valence-corrected chi connectivity index (χ0v) is 14.0. The van der Waals surface area contributed by atoms with E-state index >= 15 is 0 Å². The number of hydrogen-bond acceptors (Lipinski definition) is 4. The van der Waals surface area contributed by atoms with Crippen molar-refractivity contribution in [2.24, 2.45) is 11.8 Å². The lowest BCUT2D eigenvalue weighted by Gasteiger charge is -2.23. The van der Waals surface area contributed by atoms with E-state index < -0.39 is 17.4 Å². The molecule has 1 aromatic heterocycles. The van der Waals surface area contributed by atoms with Gasteiger partial charge in [-0.05, 0) is 24.3 Å². The first-order valence-electron chi connectivity index (χ1n) is 8.71. The van der Waals surface area contributed by atoms with Gasteiger partial charge in [-0.2, -0.15) is 0 Å². The third-order valence-electron chi connectivity index (χ3n) is 5.45. The third kappa shape index (κ3) is 2.22. The van der Waals surface area contributed by atoms with Gasteiger partial charge in [-0.15, -0.1) is 0 Å². The molecule has 6 heteroatoms. The van der Waals surface area contributed by atoms with E-state index in [1.54, 1.807) is 17.2 Å². The van der Waals surface area contributed by atoms with Crippen LogP contribution in [-0.2, 0) is 20.9 Å². The van der Waals surface area contributed by atoms with Crippen LogP contribution in [0.3, 0.4) is 0 Å². The van der Waals surface area contributed by atoms with Crippen molar-refractivity contribution in [2.75, 3.05) is 11.9 Å². The Morgan fingerprint density at radius 1 is 1.23 bits per heavy atom. The van der Waals surface area contributed by atoms with Gasteiger partial charge in [0.15, 0.2) is 0 Å². The Bertz CT molecular complexity index is 876. The van der Waals surface area contributed by atoms with E-state index in [0.717, 1.165) is 11.4 Å². The number of nitrogens with zero attached hydrogens (tertiary/aromatic N) is 1. The van der Waals surface area contributed by atoms with Crippen LogP contribution in [-0.4, -0.2) is 35.0 Å². The minimum Gasteiger partial charge on any atom is -0.467 e. The van der Waals surface area contributed by atoms with Gasteiger partial charge < -0.3 is 19.4 Å². The summed E-state index contributed by atoms with van der Waals surface area (Å²) in [5.74, 6) is -0.517. The van der Waals surface area contributed by atoms with Crippen molar-refractivity contribution in [3.8, 4) is 0 Å². The highest BCUT2D eigenvalue weighted by atomic mass is 16.5. The lowest BCUT2D eigenvalue weighted by molar-refractivity contribution is -0.136. The molecule has 0 unspecified atom stereocenters. The predicted octanol–water partition coefficient (Wildman–Crippen LogP) is 2.20. The number of amides is 2. The van der Waals surface area contributed by atoms with Gasteiger partial charge in [0.05, 0.1) is 37.3 Å². The summed E-state index contributed by atoms with van der Waals surface area (Å²) < 4.78 is 11.5. The van der Waals surface area contributed by atoms with Gasteiger partial charge in [0, 0.05) is 5.69 Å². The second-order valence-corrected chi connectivity index (χ2v) is 7.03. The lowest BCUT2D eigenvalue weighted by atomic mass is 9.77. The smallest absolute Gasteiger partial charge is 0.231 e. The maximum atomic E-state index is 13.1. The summed E-state index contributed by atoms with van der Waals surface area (Å²) in [6, 6.07) is 12.9. The molecule has 0 radical (unpaired) electrons. The maximum Gasteiger partial charge on any atom is 0.231 e. The highest BCUT2D eigenvalue weighted by Gasteiger charge is 2.66. The topological polar surface area (TPSA) is 71.8 Å². The number of fused-ring (bicyclic) bond motifs is 1. The zero-order chi connectivity index (χ0) is 17.7. The van der Waals surface area contributed by atoms with Gasteiger partial charge in [0.1, 0.15) is 11.4 Å². The van der Waals surface area contributed by atoms with Crippen molar-refractivity contribution in [1.29, 1.82) is 0 Å². The number of carbonyl (C=O) groups is 2.